The molecular formula is C22H25FN2O5S. The molecule has 2 N–H and O–H groups in total. The lowest BCUT2D eigenvalue weighted by Crippen LogP contribution is -2.42. The van der Waals surface area contributed by atoms with E-state index < -0.39 is 28.4 Å². The molecule has 2 unspecified atom stereocenters. The van der Waals surface area contributed by atoms with Gasteiger partial charge in [0, 0.05) is 11.7 Å². The molecule has 166 valence electrons. The molecule has 31 heavy (non-hydrogen) atoms. The maximum Gasteiger partial charge on any atom is 0.338 e. The fourth-order valence-electron chi connectivity index (χ4n) is 3.52. The Kier molecular flexibility index (Phi) is 7.27. The average Bonchev–Trinajstić information content (AvgIpc) is 2.75. The lowest BCUT2D eigenvalue weighted by Gasteiger charge is -2.29. The lowest BCUT2D eigenvalue weighted by molar-refractivity contribution is -0.125. The minimum Gasteiger partial charge on any atom is -0.452 e. The number of hydrogen-bond acceptors (Lipinski definition) is 5. The van der Waals surface area contributed by atoms with Gasteiger partial charge in [-0.05, 0) is 61.2 Å². The third kappa shape index (κ3) is 6.27. The molecule has 2 aromatic rings. The quantitative estimate of drug-likeness (QED) is 0.632. The maximum absolute atomic E-state index is 13.0. The van der Waals surface area contributed by atoms with E-state index in [2.05, 4.69) is 17.0 Å². The Bertz CT molecular complexity index is 1040. The van der Waals surface area contributed by atoms with Crippen LogP contribution in [0, 0.1) is 11.7 Å². The minimum absolute atomic E-state index is 0.000755. The van der Waals surface area contributed by atoms with E-state index in [1.165, 1.54) is 30.3 Å². The molecule has 1 fully saturated rings. The third-order valence-electron chi connectivity index (χ3n) is 5.27. The van der Waals surface area contributed by atoms with E-state index in [1.807, 2.05) is 0 Å². The largest absolute Gasteiger partial charge is 0.452 e. The van der Waals surface area contributed by atoms with Crippen LogP contribution < -0.4 is 10.0 Å². The monoisotopic (exact) mass is 448 g/mol. The maximum atomic E-state index is 13.0. The van der Waals surface area contributed by atoms with Gasteiger partial charge in [-0.25, -0.2) is 17.6 Å². The van der Waals surface area contributed by atoms with Gasteiger partial charge in [0.1, 0.15) is 5.82 Å². The number of amides is 1. The highest BCUT2D eigenvalue weighted by atomic mass is 32.2. The van der Waals surface area contributed by atoms with Gasteiger partial charge in [0.05, 0.1) is 10.5 Å². The predicted octanol–water partition coefficient (Wildman–Crippen LogP) is 3.48. The van der Waals surface area contributed by atoms with Crippen molar-refractivity contribution in [1.82, 2.24) is 5.32 Å². The molecule has 0 saturated heterocycles. The minimum atomic E-state index is -4.00. The molecular weight excluding hydrogens is 423 g/mol. The second-order valence-corrected chi connectivity index (χ2v) is 9.33. The Labute approximate surface area is 181 Å². The van der Waals surface area contributed by atoms with E-state index in [-0.39, 0.29) is 28.1 Å². The molecule has 7 nitrogen and oxygen atoms in total. The first-order chi connectivity index (χ1) is 14.7. The number of ether oxygens (including phenoxy) is 1. The summed E-state index contributed by atoms with van der Waals surface area (Å²) >= 11 is 0. The van der Waals surface area contributed by atoms with Crippen LogP contribution in [0.15, 0.2) is 53.4 Å². The lowest BCUT2D eigenvalue weighted by atomic mass is 9.86. The Morgan fingerprint density at radius 3 is 2.52 bits per heavy atom. The second-order valence-electron chi connectivity index (χ2n) is 7.65. The summed E-state index contributed by atoms with van der Waals surface area (Å²) in [6, 6.07) is 10.2. The molecule has 3 rings (SSSR count). The number of hydrogen-bond donors (Lipinski definition) is 2. The zero-order valence-corrected chi connectivity index (χ0v) is 18.0. The molecule has 1 amide bonds. The van der Waals surface area contributed by atoms with Crippen LogP contribution in [0.1, 0.15) is 43.0 Å². The molecule has 1 aliphatic carbocycles. The zero-order chi connectivity index (χ0) is 22.4. The van der Waals surface area contributed by atoms with Crippen molar-refractivity contribution in [2.45, 2.75) is 43.5 Å². The van der Waals surface area contributed by atoms with Crippen LogP contribution in [0.5, 0.6) is 0 Å². The fourth-order valence-corrected chi connectivity index (χ4v) is 4.62. The van der Waals surface area contributed by atoms with E-state index in [0.717, 1.165) is 43.9 Å². The van der Waals surface area contributed by atoms with Crippen molar-refractivity contribution < 1.29 is 27.1 Å². The van der Waals surface area contributed by atoms with Gasteiger partial charge in [-0.3, -0.25) is 9.52 Å². The van der Waals surface area contributed by atoms with Crippen LogP contribution in [0.25, 0.3) is 0 Å². The smallest absolute Gasteiger partial charge is 0.338 e. The van der Waals surface area contributed by atoms with Crippen molar-refractivity contribution in [3.63, 3.8) is 0 Å². The summed E-state index contributed by atoms with van der Waals surface area (Å²) in [6.07, 6.45) is 4.17. The van der Waals surface area contributed by atoms with E-state index >= 15 is 0 Å². The van der Waals surface area contributed by atoms with Gasteiger partial charge >= 0.3 is 5.97 Å². The summed E-state index contributed by atoms with van der Waals surface area (Å²) < 4.78 is 45.5. The number of esters is 1. The number of rotatable bonds is 7. The molecule has 2 aromatic carbocycles. The molecule has 1 aliphatic rings. The highest BCUT2D eigenvalue weighted by Gasteiger charge is 2.23. The molecule has 2 atom stereocenters. The van der Waals surface area contributed by atoms with E-state index in [9.17, 15) is 22.4 Å². The molecule has 9 heteroatoms. The molecule has 0 aliphatic heterocycles. The van der Waals surface area contributed by atoms with Gasteiger partial charge in [-0.1, -0.05) is 25.8 Å². The highest BCUT2D eigenvalue weighted by molar-refractivity contribution is 7.92. The Balaban J connectivity index is 1.60. The van der Waals surface area contributed by atoms with Crippen molar-refractivity contribution in [2.24, 2.45) is 5.92 Å². The van der Waals surface area contributed by atoms with Crippen molar-refractivity contribution >= 4 is 27.6 Å². The number of anilines is 1. The number of nitrogens with one attached hydrogen (secondary N) is 2. The Hall–Kier alpha value is -2.94. The van der Waals surface area contributed by atoms with Crippen LogP contribution in [0.3, 0.4) is 0 Å². The van der Waals surface area contributed by atoms with Crippen molar-refractivity contribution in [1.29, 1.82) is 0 Å². The van der Waals surface area contributed by atoms with Crippen molar-refractivity contribution in [3.8, 4) is 0 Å². The van der Waals surface area contributed by atoms with Gasteiger partial charge in [0.15, 0.2) is 6.61 Å². The first-order valence-electron chi connectivity index (χ1n) is 10.1. The van der Waals surface area contributed by atoms with Gasteiger partial charge in [0.25, 0.3) is 15.9 Å². The molecule has 0 heterocycles. The van der Waals surface area contributed by atoms with E-state index in [1.54, 1.807) is 0 Å². The average molecular weight is 449 g/mol. The van der Waals surface area contributed by atoms with Gasteiger partial charge in [0.2, 0.25) is 0 Å². The summed E-state index contributed by atoms with van der Waals surface area (Å²) in [6.45, 7) is 1.65. The Morgan fingerprint density at radius 1 is 1.10 bits per heavy atom. The first-order valence-corrected chi connectivity index (χ1v) is 11.6. The summed E-state index contributed by atoms with van der Waals surface area (Å²) in [5.74, 6) is -1.29. The number of benzene rings is 2. The predicted molar refractivity (Wildman–Crippen MR) is 113 cm³/mol. The van der Waals surface area contributed by atoms with Crippen LogP contribution in [0.2, 0.25) is 0 Å². The fraction of sp³-hybridized carbons (Fsp3) is 0.364. The van der Waals surface area contributed by atoms with Gasteiger partial charge in [-0.15, -0.1) is 0 Å². The number of halogens is 1. The standard InChI is InChI=1S/C22H25FN2O5S/c1-15-5-2-3-8-20(15)24-21(26)14-30-22(27)16-6-4-7-19(13-16)31(28,29)25-18-11-9-17(23)10-12-18/h4,6-7,9-13,15,20,25H,2-3,5,8,14H2,1H3,(H,24,26). The van der Waals surface area contributed by atoms with Crippen molar-refractivity contribution in [3.05, 3.63) is 59.9 Å². The number of sulfonamides is 1. The van der Waals surface area contributed by atoms with Crippen LogP contribution in [-0.2, 0) is 19.6 Å². The molecule has 1 saturated carbocycles. The van der Waals surface area contributed by atoms with Gasteiger partial charge < -0.3 is 10.1 Å². The highest BCUT2D eigenvalue weighted by Crippen LogP contribution is 2.23. The first kappa shape index (κ1) is 22.7. The van der Waals surface area contributed by atoms with Crippen LogP contribution in [-0.4, -0.2) is 32.9 Å². The van der Waals surface area contributed by atoms with E-state index in [0.29, 0.717) is 5.92 Å². The summed E-state index contributed by atoms with van der Waals surface area (Å²) in [5.41, 5.74) is 0.184. The molecule has 0 spiro atoms. The topological polar surface area (TPSA) is 102 Å². The molecule has 0 aromatic heterocycles. The van der Waals surface area contributed by atoms with Gasteiger partial charge in [-0.2, -0.15) is 0 Å². The number of carbonyl (C=O) groups is 2. The second kappa shape index (κ2) is 9.91. The summed E-state index contributed by atoms with van der Waals surface area (Å²) in [4.78, 5) is 24.3. The zero-order valence-electron chi connectivity index (χ0n) is 17.1. The third-order valence-corrected chi connectivity index (χ3v) is 6.65. The molecule has 0 bridgehead atoms. The summed E-state index contributed by atoms with van der Waals surface area (Å²) in [5, 5.41) is 2.89. The summed E-state index contributed by atoms with van der Waals surface area (Å²) in [7, 11) is -4.00. The normalized spacial score (nSPS) is 18.8. The Morgan fingerprint density at radius 2 is 1.81 bits per heavy atom. The van der Waals surface area contributed by atoms with Crippen LogP contribution in [0.4, 0.5) is 10.1 Å². The number of carbonyl (C=O) groups excluding carboxylic acids is 2. The SMILES string of the molecule is CC1CCCCC1NC(=O)COC(=O)c1cccc(S(=O)(=O)Nc2ccc(F)cc2)c1. The molecule has 0 radical (unpaired) electrons. The van der Waals surface area contributed by atoms with E-state index in [4.69, 9.17) is 4.74 Å². The van der Waals surface area contributed by atoms with Crippen LogP contribution >= 0.6 is 0 Å². The van der Waals surface area contributed by atoms with Crippen molar-refractivity contribution in [2.75, 3.05) is 11.3 Å².